The molecule has 0 aromatic heterocycles. The molecule has 1 aliphatic rings. The molecule has 9 heteroatoms. The zero-order valence-corrected chi connectivity index (χ0v) is 16.3. The van der Waals surface area contributed by atoms with E-state index < -0.39 is 35.7 Å². The van der Waals surface area contributed by atoms with E-state index in [0.29, 0.717) is 17.0 Å². The smallest absolute Gasteiger partial charge is 0.324 e. The van der Waals surface area contributed by atoms with Gasteiger partial charge in [0.25, 0.3) is 5.91 Å². The van der Waals surface area contributed by atoms with Gasteiger partial charge in [0, 0.05) is 10.7 Å². The van der Waals surface area contributed by atoms with Crippen molar-refractivity contribution < 1.29 is 18.8 Å². The highest BCUT2D eigenvalue weighted by molar-refractivity contribution is 6.31. The van der Waals surface area contributed by atoms with Crippen LogP contribution in [0.4, 0.5) is 14.9 Å². The van der Waals surface area contributed by atoms with E-state index in [4.69, 9.17) is 23.2 Å². The van der Waals surface area contributed by atoms with Crippen molar-refractivity contribution in [3.8, 4) is 0 Å². The number of imide groups is 1. The van der Waals surface area contributed by atoms with Gasteiger partial charge in [-0.25, -0.2) is 9.18 Å². The van der Waals surface area contributed by atoms with Crippen LogP contribution in [0.25, 0.3) is 0 Å². The van der Waals surface area contributed by atoms with Crippen LogP contribution in [0.2, 0.25) is 10.0 Å². The SMILES string of the molecule is CCC1(c2ccc(Cl)cc2)NC(=O)N(CC(=O)Nc2ccc(F)c(Cl)c2)C1=O. The molecular weight excluding hydrogens is 408 g/mol. The molecule has 2 aromatic rings. The average Bonchev–Trinajstić information content (AvgIpc) is 2.90. The summed E-state index contributed by atoms with van der Waals surface area (Å²) in [6.45, 7) is 1.27. The largest absolute Gasteiger partial charge is 0.325 e. The lowest BCUT2D eigenvalue weighted by molar-refractivity contribution is -0.134. The highest BCUT2D eigenvalue weighted by Crippen LogP contribution is 2.33. The Bertz CT molecular complexity index is 952. The molecule has 1 aliphatic heterocycles. The number of amides is 4. The van der Waals surface area contributed by atoms with Crippen LogP contribution >= 0.6 is 23.2 Å². The van der Waals surface area contributed by atoms with E-state index in [-0.39, 0.29) is 10.7 Å². The van der Waals surface area contributed by atoms with Crippen molar-refractivity contribution in [1.82, 2.24) is 10.2 Å². The van der Waals surface area contributed by atoms with E-state index in [9.17, 15) is 18.8 Å². The fourth-order valence-electron chi connectivity index (χ4n) is 3.06. The molecule has 1 fully saturated rings. The van der Waals surface area contributed by atoms with Crippen LogP contribution in [0.5, 0.6) is 0 Å². The molecule has 1 heterocycles. The second-order valence-corrected chi connectivity index (χ2v) is 7.11. The van der Waals surface area contributed by atoms with Crippen molar-refractivity contribution in [2.45, 2.75) is 18.9 Å². The molecule has 0 aliphatic carbocycles. The van der Waals surface area contributed by atoms with Gasteiger partial charge >= 0.3 is 6.03 Å². The molecule has 1 unspecified atom stereocenters. The Labute approximate surface area is 170 Å². The Morgan fingerprint density at radius 1 is 1.18 bits per heavy atom. The van der Waals surface area contributed by atoms with Crippen molar-refractivity contribution in [2.24, 2.45) is 0 Å². The third-order valence-electron chi connectivity index (χ3n) is 4.55. The first kappa shape index (κ1) is 20.1. The number of halogens is 3. The normalized spacial score (nSPS) is 18.9. The number of rotatable bonds is 5. The molecule has 2 aromatic carbocycles. The van der Waals surface area contributed by atoms with Crippen LogP contribution in [0.15, 0.2) is 42.5 Å². The van der Waals surface area contributed by atoms with Crippen molar-refractivity contribution >= 4 is 46.7 Å². The molecule has 6 nitrogen and oxygen atoms in total. The van der Waals surface area contributed by atoms with Gasteiger partial charge < -0.3 is 10.6 Å². The molecule has 3 rings (SSSR count). The minimum atomic E-state index is -1.26. The number of anilines is 1. The molecule has 4 amide bonds. The summed E-state index contributed by atoms with van der Waals surface area (Å²) in [5.41, 5.74) is -0.435. The van der Waals surface area contributed by atoms with Gasteiger partial charge in [-0.2, -0.15) is 0 Å². The van der Waals surface area contributed by atoms with Crippen LogP contribution in [0.1, 0.15) is 18.9 Å². The van der Waals surface area contributed by atoms with E-state index in [0.717, 1.165) is 11.0 Å². The summed E-state index contributed by atoms with van der Waals surface area (Å²) in [6.07, 6.45) is 0.297. The maximum absolute atomic E-state index is 13.2. The fraction of sp³-hybridized carbons (Fsp3) is 0.211. The maximum Gasteiger partial charge on any atom is 0.325 e. The lowest BCUT2D eigenvalue weighted by Crippen LogP contribution is -2.44. The summed E-state index contributed by atoms with van der Waals surface area (Å²) in [5.74, 6) is -1.77. The molecular formula is C19H16Cl2FN3O3. The minimum Gasteiger partial charge on any atom is -0.324 e. The summed E-state index contributed by atoms with van der Waals surface area (Å²) in [5, 5.41) is 5.52. The summed E-state index contributed by atoms with van der Waals surface area (Å²) in [6, 6.07) is 9.58. The number of carbonyl (C=O) groups excluding carboxylic acids is 3. The summed E-state index contributed by atoms with van der Waals surface area (Å²) in [7, 11) is 0. The van der Waals surface area contributed by atoms with Gasteiger partial charge in [-0.1, -0.05) is 42.3 Å². The number of urea groups is 1. The van der Waals surface area contributed by atoms with Crippen LogP contribution < -0.4 is 10.6 Å². The summed E-state index contributed by atoms with van der Waals surface area (Å²) in [4.78, 5) is 38.5. The molecule has 0 saturated carbocycles. The number of hydrogen-bond donors (Lipinski definition) is 2. The number of hydrogen-bond acceptors (Lipinski definition) is 3. The van der Waals surface area contributed by atoms with Crippen molar-refractivity contribution in [3.05, 3.63) is 63.9 Å². The van der Waals surface area contributed by atoms with Gasteiger partial charge in [0.15, 0.2) is 0 Å². The van der Waals surface area contributed by atoms with Crippen molar-refractivity contribution in [3.63, 3.8) is 0 Å². The van der Waals surface area contributed by atoms with Crippen LogP contribution in [-0.4, -0.2) is 29.3 Å². The third kappa shape index (κ3) is 3.68. The molecule has 28 heavy (non-hydrogen) atoms. The second-order valence-electron chi connectivity index (χ2n) is 6.26. The Morgan fingerprint density at radius 2 is 1.86 bits per heavy atom. The number of carbonyl (C=O) groups is 3. The predicted octanol–water partition coefficient (Wildman–Crippen LogP) is 3.93. The van der Waals surface area contributed by atoms with Crippen LogP contribution in [0, 0.1) is 5.82 Å². The number of nitrogens with zero attached hydrogens (tertiary/aromatic N) is 1. The van der Waals surface area contributed by atoms with E-state index in [1.54, 1.807) is 31.2 Å². The van der Waals surface area contributed by atoms with Gasteiger partial charge in [0.2, 0.25) is 5.91 Å². The Morgan fingerprint density at radius 3 is 2.46 bits per heavy atom. The summed E-state index contributed by atoms with van der Waals surface area (Å²) < 4.78 is 13.2. The topological polar surface area (TPSA) is 78.5 Å². The van der Waals surface area contributed by atoms with Gasteiger partial charge in [0.1, 0.15) is 17.9 Å². The fourth-order valence-corrected chi connectivity index (χ4v) is 3.37. The van der Waals surface area contributed by atoms with Crippen molar-refractivity contribution in [2.75, 3.05) is 11.9 Å². The first-order chi connectivity index (χ1) is 13.3. The summed E-state index contributed by atoms with van der Waals surface area (Å²) >= 11 is 11.6. The third-order valence-corrected chi connectivity index (χ3v) is 5.09. The van der Waals surface area contributed by atoms with E-state index in [1.165, 1.54) is 12.1 Å². The number of nitrogens with one attached hydrogen (secondary N) is 2. The monoisotopic (exact) mass is 423 g/mol. The first-order valence-electron chi connectivity index (χ1n) is 8.42. The van der Waals surface area contributed by atoms with E-state index in [2.05, 4.69) is 10.6 Å². The molecule has 1 saturated heterocycles. The highest BCUT2D eigenvalue weighted by atomic mass is 35.5. The van der Waals surface area contributed by atoms with E-state index in [1.807, 2.05) is 0 Å². The van der Waals surface area contributed by atoms with E-state index >= 15 is 0 Å². The standard InChI is InChI=1S/C19H16Cl2FN3O3/c1-2-19(11-3-5-12(20)6-4-11)17(27)25(18(28)24-19)10-16(26)23-13-7-8-15(22)14(21)9-13/h3-9H,2,10H2,1H3,(H,23,26)(H,24,28). The van der Waals surface area contributed by atoms with Crippen LogP contribution in [0.3, 0.4) is 0 Å². The number of benzene rings is 2. The molecule has 0 radical (unpaired) electrons. The molecule has 2 N–H and O–H groups in total. The zero-order chi connectivity index (χ0) is 20.5. The van der Waals surface area contributed by atoms with Gasteiger partial charge in [-0.3, -0.25) is 14.5 Å². The average molecular weight is 424 g/mol. The quantitative estimate of drug-likeness (QED) is 0.715. The zero-order valence-electron chi connectivity index (χ0n) is 14.8. The molecule has 146 valence electrons. The second kappa shape index (κ2) is 7.77. The Balaban J connectivity index is 1.78. The molecule has 0 spiro atoms. The lowest BCUT2D eigenvalue weighted by Gasteiger charge is -2.25. The Hall–Kier alpha value is -2.64. The van der Waals surface area contributed by atoms with Gasteiger partial charge in [-0.15, -0.1) is 0 Å². The predicted molar refractivity (Wildman–Crippen MR) is 104 cm³/mol. The lowest BCUT2D eigenvalue weighted by atomic mass is 9.87. The van der Waals surface area contributed by atoms with Crippen molar-refractivity contribution in [1.29, 1.82) is 0 Å². The first-order valence-corrected chi connectivity index (χ1v) is 9.17. The van der Waals surface area contributed by atoms with Gasteiger partial charge in [0.05, 0.1) is 5.02 Å². The van der Waals surface area contributed by atoms with Crippen LogP contribution in [-0.2, 0) is 15.1 Å². The molecule has 0 bridgehead atoms. The minimum absolute atomic E-state index is 0.152. The highest BCUT2D eigenvalue weighted by Gasteiger charge is 2.51. The Kier molecular flexibility index (Phi) is 5.58. The van der Waals surface area contributed by atoms with Gasteiger partial charge in [-0.05, 0) is 42.3 Å². The maximum atomic E-state index is 13.2. The molecule has 1 atom stereocenters.